The lowest BCUT2D eigenvalue weighted by Crippen LogP contribution is -2.49. The second-order valence-corrected chi connectivity index (χ2v) is 12.7. The number of aliphatic carboxylic acids is 1. The van der Waals surface area contributed by atoms with Crippen LogP contribution in [0, 0.1) is 32.5 Å². The van der Waals surface area contributed by atoms with Crippen molar-refractivity contribution in [3.63, 3.8) is 0 Å². The van der Waals surface area contributed by atoms with Gasteiger partial charge in [0.1, 0.15) is 18.0 Å². The summed E-state index contributed by atoms with van der Waals surface area (Å²) in [4.78, 5) is 41.0. The Hall–Kier alpha value is -4.13. The van der Waals surface area contributed by atoms with E-state index in [-0.39, 0.29) is 17.9 Å². The summed E-state index contributed by atoms with van der Waals surface area (Å²) in [6.45, 7) is 6.18. The largest absolute Gasteiger partial charge is 0.481 e. The molecule has 5 rings (SSSR count). The number of carbonyl (C=O) groups is 2. The number of carboxylic acid groups (broad SMARTS) is 1. The molecule has 1 aliphatic heterocycles. The number of nitrogens with one attached hydrogen (secondary N) is 1. The highest BCUT2D eigenvalue weighted by molar-refractivity contribution is 5.82. The van der Waals surface area contributed by atoms with Crippen LogP contribution >= 0.6 is 0 Å². The highest BCUT2D eigenvalue weighted by Gasteiger charge is 2.39. The Morgan fingerprint density at radius 1 is 1.06 bits per heavy atom. The van der Waals surface area contributed by atoms with Crippen molar-refractivity contribution in [3.8, 4) is 11.1 Å². The maximum atomic E-state index is 15.8. The van der Waals surface area contributed by atoms with Gasteiger partial charge in [0.15, 0.2) is 0 Å². The van der Waals surface area contributed by atoms with Crippen molar-refractivity contribution in [1.82, 2.24) is 20.0 Å². The number of carbonyl (C=O) groups excluding carboxylic acids is 1. The number of aromatic nitrogens is 2. The fraction of sp³-hybridized carbons (Fsp3) is 0.471. The number of nitrogens with zero attached hydrogens (tertiary/aromatic N) is 3. The van der Waals surface area contributed by atoms with Crippen molar-refractivity contribution in [2.24, 2.45) is 5.92 Å². The highest BCUT2D eigenvalue weighted by atomic mass is 19.4. The minimum Gasteiger partial charge on any atom is -0.481 e. The van der Waals surface area contributed by atoms with Gasteiger partial charge in [-0.3, -0.25) is 19.3 Å². The van der Waals surface area contributed by atoms with Gasteiger partial charge in [-0.15, -0.1) is 0 Å². The molecule has 2 N–H and O–H groups in total. The molecule has 252 valence electrons. The maximum absolute atomic E-state index is 15.8. The third kappa shape index (κ3) is 7.89. The van der Waals surface area contributed by atoms with E-state index in [9.17, 15) is 37.1 Å². The zero-order valence-corrected chi connectivity index (χ0v) is 26.3. The van der Waals surface area contributed by atoms with Crippen LogP contribution in [0.2, 0.25) is 0 Å². The molecule has 8 nitrogen and oxygen atoms in total. The van der Waals surface area contributed by atoms with Gasteiger partial charge in [0, 0.05) is 37.7 Å². The lowest BCUT2D eigenvalue weighted by Gasteiger charge is -2.34. The first-order chi connectivity index (χ1) is 22.1. The molecule has 0 unspecified atom stereocenters. The number of carboxylic acids is 1. The fourth-order valence-corrected chi connectivity index (χ4v) is 6.21. The zero-order valence-electron chi connectivity index (χ0n) is 26.3. The molecule has 0 radical (unpaired) electrons. The number of amides is 1. The van der Waals surface area contributed by atoms with Crippen molar-refractivity contribution in [1.29, 1.82) is 0 Å². The van der Waals surface area contributed by atoms with Gasteiger partial charge < -0.3 is 10.4 Å². The smallest absolute Gasteiger partial charge is 0.419 e. The molecule has 2 aliphatic rings. The molecule has 47 heavy (non-hydrogen) atoms. The van der Waals surface area contributed by atoms with Gasteiger partial charge in [-0.05, 0) is 73.1 Å². The van der Waals surface area contributed by atoms with E-state index in [2.05, 4.69) is 10.4 Å². The number of alkyl halides is 4. The minimum absolute atomic E-state index is 0.0193. The van der Waals surface area contributed by atoms with Gasteiger partial charge in [-0.2, -0.15) is 18.3 Å². The Morgan fingerprint density at radius 2 is 1.72 bits per heavy atom. The molecule has 2 heterocycles. The van der Waals surface area contributed by atoms with Crippen LogP contribution in [0.5, 0.6) is 0 Å². The van der Waals surface area contributed by atoms with Crippen LogP contribution < -0.4 is 10.9 Å². The minimum atomic E-state index is -5.12. The molecule has 1 saturated heterocycles. The lowest BCUT2D eigenvalue weighted by molar-refractivity contribution is -0.140. The normalized spacial score (nSPS) is 16.9. The first kappa shape index (κ1) is 34.2. The number of hydrogen-bond donors (Lipinski definition) is 2. The summed E-state index contributed by atoms with van der Waals surface area (Å²) in [7, 11) is 0. The fourth-order valence-electron chi connectivity index (χ4n) is 6.21. The number of hydrogen-bond acceptors (Lipinski definition) is 5. The molecular weight excluding hydrogens is 623 g/mol. The number of aryl methyl sites for hydroxylation is 3. The molecule has 2 atom stereocenters. The van der Waals surface area contributed by atoms with Crippen LogP contribution in [0.25, 0.3) is 11.1 Å². The molecular formula is C34H37F5N4O4. The summed E-state index contributed by atoms with van der Waals surface area (Å²) < 4.78 is 72.6. The van der Waals surface area contributed by atoms with Crippen molar-refractivity contribution in [2.75, 3.05) is 19.6 Å². The van der Waals surface area contributed by atoms with Crippen molar-refractivity contribution in [2.45, 2.75) is 77.3 Å². The van der Waals surface area contributed by atoms with Crippen LogP contribution in [0.4, 0.5) is 22.0 Å². The third-order valence-corrected chi connectivity index (χ3v) is 8.92. The number of benzene rings is 2. The van der Waals surface area contributed by atoms with Gasteiger partial charge in [0.25, 0.3) is 5.56 Å². The van der Waals surface area contributed by atoms with Gasteiger partial charge in [-0.25, -0.2) is 13.5 Å². The van der Waals surface area contributed by atoms with E-state index >= 15 is 4.39 Å². The summed E-state index contributed by atoms with van der Waals surface area (Å²) in [6, 6.07) is 5.36. The SMILES string of the molecule is Cc1cc(=O)n([C@@H](CC2CC2)C(=O)N[C@@H](CC(=O)O)c2cc(-c3c(C)cccc3C)cc(C(F)(F)F)c2F)nc1CCN1CC(F)C1. The molecule has 1 aliphatic carbocycles. The van der Waals surface area contributed by atoms with Crippen molar-refractivity contribution < 1.29 is 36.6 Å². The Labute approximate surface area is 268 Å². The van der Waals surface area contributed by atoms with Gasteiger partial charge in [0.05, 0.1) is 23.7 Å². The molecule has 0 bridgehead atoms. The molecule has 1 amide bonds. The highest BCUT2D eigenvalue weighted by Crippen LogP contribution is 2.40. The first-order valence-corrected chi connectivity index (χ1v) is 15.6. The molecule has 2 fully saturated rings. The number of likely N-dealkylation sites (tertiary alicyclic amines) is 1. The Balaban J connectivity index is 1.54. The predicted octanol–water partition coefficient (Wildman–Crippen LogP) is 5.86. The van der Waals surface area contributed by atoms with Gasteiger partial charge in [0.2, 0.25) is 5.91 Å². The second kappa shape index (κ2) is 13.5. The average Bonchev–Trinajstić information content (AvgIpc) is 3.78. The number of rotatable bonds is 12. The Morgan fingerprint density at radius 3 is 2.30 bits per heavy atom. The summed E-state index contributed by atoms with van der Waals surface area (Å²) in [5.74, 6) is -3.95. The molecule has 13 heteroatoms. The summed E-state index contributed by atoms with van der Waals surface area (Å²) >= 11 is 0. The van der Waals surface area contributed by atoms with E-state index in [1.807, 2.05) is 4.90 Å². The quantitative estimate of drug-likeness (QED) is 0.236. The first-order valence-electron chi connectivity index (χ1n) is 15.6. The monoisotopic (exact) mass is 660 g/mol. The number of halogens is 5. The molecule has 2 aromatic carbocycles. The second-order valence-electron chi connectivity index (χ2n) is 12.7. The van der Waals surface area contributed by atoms with E-state index in [0.29, 0.717) is 60.1 Å². The lowest BCUT2D eigenvalue weighted by atomic mass is 9.90. The van der Waals surface area contributed by atoms with E-state index in [1.54, 1.807) is 39.0 Å². The van der Waals surface area contributed by atoms with Crippen LogP contribution in [0.3, 0.4) is 0 Å². The van der Waals surface area contributed by atoms with Gasteiger partial charge >= 0.3 is 12.1 Å². The van der Waals surface area contributed by atoms with Gasteiger partial charge in [-0.1, -0.05) is 31.0 Å². The third-order valence-electron chi connectivity index (χ3n) is 8.92. The van der Waals surface area contributed by atoms with Crippen LogP contribution in [-0.2, 0) is 22.2 Å². The van der Waals surface area contributed by atoms with E-state index in [0.717, 1.165) is 23.6 Å². The van der Waals surface area contributed by atoms with Crippen molar-refractivity contribution in [3.05, 3.63) is 86.1 Å². The van der Waals surface area contributed by atoms with Crippen LogP contribution in [0.1, 0.15) is 71.3 Å². The van der Waals surface area contributed by atoms with E-state index in [1.165, 1.54) is 6.07 Å². The summed E-state index contributed by atoms with van der Waals surface area (Å²) in [5.41, 5.74) is -0.0140. The Bertz CT molecular complexity index is 1710. The topological polar surface area (TPSA) is 105 Å². The molecule has 3 aromatic rings. The predicted molar refractivity (Wildman–Crippen MR) is 164 cm³/mol. The van der Waals surface area contributed by atoms with Crippen molar-refractivity contribution >= 4 is 11.9 Å². The van der Waals surface area contributed by atoms with E-state index < -0.39 is 65.2 Å². The maximum Gasteiger partial charge on any atom is 0.419 e. The zero-order chi connectivity index (χ0) is 34.2. The Kier molecular flexibility index (Phi) is 9.86. The van der Waals surface area contributed by atoms with Crippen LogP contribution in [0.15, 0.2) is 41.2 Å². The molecule has 1 aromatic heterocycles. The van der Waals surface area contributed by atoms with Crippen LogP contribution in [-0.4, -0.2) is 57.5 Å². The summed E-state index contributed by atoms with van der Waals surface area (Å²) in [6.07, 6.45) is -4.79. The standard InChI is InChI=1S/C34H37F5N4O4/c1-18-5-4-6-19(2)31(18)22-13-24(32(36)25(14-22)34(37,38)39)27(15-30(45)46)40-33(47)28(12-21-7-8-21)43-29(44)11-20(3)26(41-43)9-10-42-16-23(35)17-42/h4-6,11,13-14,21,23,27-28H,7-10,12,15-17H2,1-3H3,(H,40,47)(H,45,46)/t27-,28-/m0/s1. The summed E-state index contributed by atoms with van der Waals surface area (Å²) in [5, 5.41) is 16.7. The average molecular weight is 661 g/mol. The van der Waals surface area contributed by atoms with E-state index in [4.69, 9.17) is 0 Å². The molecule has 1 saturated carbocycles. The molecule has 0 spiro atoms.